The summed E-state index contributed by atoms with van der Waals surface area (Å²) in [6, 6.07) is 5.25. The first-order chi connectivity index (χ1) is 9.40. The smallest absolute Gasteiger partial charge is 0.308 e. The van der Waals surface area contributed by atoms with Gasteiger partial charge in [-0.15, -0.1) is 0 Å². The van der Waals surface area contributed by atoms with Crippen LogP contribution in [0.5, 0.6) is 0 Å². The molecule has 20 heavy (non-hydrogen) atoms. The number of halogens is 1. The van der Waals surface area contributed by atoms with Crippen LogP contribution >= 0.6 is 11.6 Å². The van der Waals surface area contributed by atoms with Gasteiger partial charge in [0.05, 0.1) is 5.92 Å². The minimum atomic E-state index is -0.836. The van der Waals surface area contributed by atoms with Crippen molar-refractivity contribution in [1.29, 1.82) is 0 Å². The Bertz CT molecular complexity index is 544. The Hall–Kier alpha value is -1.55. The summed E-state index contributed by atoms with van der Waals surface area (Å²) in [6.07, 6.45) is 1.33. The standard InChI is InChI=1S/C15H18ClNO3/c1-9-3-6-12(16)7-13(9)14(18)17-8-11(15(19)20)5-4-10(17)2/h3,6-7,10-11H,4-5,8H2,1-2H3,(H,19,20). The van der Waals surface area contributed by atoms with Gasteiger partial charge in [0.1, 0.15) is 0 Å². The molecule has 1 aromatic carbocycles. The van der Waals surface area contributed by atoms with Gasteiger partial charge < -0.3 is 10.0 Å². The third-order valence-electron chi connectivity index (χ3n) is 3.92. The third kappa shape index (κ3) is 2.96. The lowest BCUT2D eigenvalue weighted by Crippen LogP contribution is -2.47. The Labute approximate surface area is 123 Å². The van der Waals surface area contributed by atoms with E-state index in [4.69, 9.17) is 16.7 Å². The number of piperidine rings is 1. The second-order valence-electron chi connectivity index (χ2n) is 5.38. The topological polar surface area (TPSA) is 57.6 Å². The number of aryl methyl sites for hydroxylation is 1. The van der Waals surface area contributed by atoms with E-state index in [2.05, 4.69) is 0 Å². The van der Waals surface area contributed by atoms with Crippen molar-refractivity contribution in [2.45, 2.75) is 32.7 Å². The zero-order valence-electron chi connectivity index (χ0n) is 11.6. The molecule has 1 fully saturated rings. The molecule has 1 amide bonds. The van der Waals surface area contributed by atoms with Crippen LogP contribution in [0.1, 0.15) is 35.7 Å². The molecular formula is C15H18ClNO3. The lowest BCUT2D eigenvalue weighted by atomic mass is 9.92. The minimum absolute atomic E-state index is 0.0523. The predicted octanol–water partition coefficient (Wildman–Crippen LogP) is 2.97. The van der Waals surface area contributed by atoms with E-state index in [0.717, 1.165) is 5.56 Å². The molecule has 1 aliphatic rings. The Kier molecular flexibility index (Phi) is 4.33. The molecule has 5 heteroatoms. The highest BCUT2D eigenvalue weighted by atomic mass is 35.5. The van der Waals surface area contributed by atoms with E-state index in [9.17, 15) is 9.59 Å². The number of rotatable bonds is 2. The first kappa shape index (κ1) is 14.9. The van der Waals surface area contributed by atoms with Crippen molar-refractivity contribution in [3.8, 4) is 0 Å². The van der Waals surface area contributed by atoms with E-state index in [1.54, 1.807) is 23.1 Å². The first-order valence-corrected chi connectivity index (χ1v) is 7.08. The van der Waals surface area contributed by atoms with Gasteiger partial charge in [-0.05, 0) is 44.4 Å². The van der Waals surface area contributed by atoms with Crippen molar-refractivity contribution in [2.75, 3.05) is 6.54 Å². The van der Waals surface area contributed by atoms with Gasteiger partial charge in [-0.2, -0.15) is 0 Å². The normalized spacial score (nSPS) is 22.6. The van der Waals surface area contributed by atoms with Crippen LogP contribution in [0.4, 0.5) is 0 Å². The second kappa shape index (κ2) is 5.83. The number of aliphatic carboxylic acids is 1. The van der Waals surface area contributed by atoms with Crippen LogP contribution in [-0.4, -0.2) is 34.5 Å². The number of hydrogen-bond acceptors (Lipinski definition) is 2. The summed E-state index contributed by atoms with van der Waals surface area (Å²) in [7, 11) is 0. The maximum absolute atomic E-state index is 12.6. The average molecular weight is 296 g/mol. The number of hydrogen-bond donors (Lipinski definition) is 1. The number of carbonyl (C=O) groups is 2. The monoisotopic (exact) mass is 295 g/mol. The van der Waals surface area contributed by atoms with E-state index in [-0.39, 0.29) is 18.5 Å². The van der Waals surface area contributed by atoms with Gasteiger partial charge in [0, 0.05) is 23.2 Å². The van der Waals surface area contributed by atoms with Crippen LogP contribution in [0.15, 0.2) is 18.2 Å². The van der Waals surface area contributed by atoms with Crippen molar-refractivity contribution in [1.82, 2.24) is 4.90 Å². The summed E-state index contributed by atoms with van der Waals surface area (Å²) in [5, 5.41) is 9.65. The molecule has 2 rings (SSSR count). The molecule has 0 saturated carbocycles. The van der Waals surface area contributed by atoms with Crippen molar-refractivity contribution in [2.24, 2.45) is 5.92 Å². The Morgan fingerprint density at radius 3 is 2.70 bits per heavy atom. The molecular weight excluding hydrogens is 278 g/mol. The summed E-state index contributed by atoms with van der Waals surface area (Å²) >= 11 is 5.95. The number of likely N-dealkylation sites (tertiary alicyclic amines) is 1. The van der Waals surface area contributed by atoms with Gasteiger partial charge in [-0.1, -0.05) is 17.7 Å². The van der Waals surface area contributed by atoms with Crippen LogP contribution in [0.25, 0.3) is 0 Å². The molecule has 1 N–H and O–H groups in total. The van der Waals surface area contributed by atoms with Crippen LogP contribution in [0.2, 0.25) is 5.02 Å². The predicted molar refractivity (Wildman–Crippen MR) is 77.0 cm³/mol. The number of nitrogens with zero attached hydrogens (tertiary/aromatic N) is 1. The van der Waals surface area contributed by atoms with Crippen molar-refractivity contribution in [3.63, 3.8) is 0 Å². The van der Waals surface area contributed by atoms with Crippen molar-refractivity contribution < 1.29 is 14.7 Å². The molecule has 0 bridgehead atoms. The molecule has 1 heterocycles. The Morgan fingerprint density at radius 2 is 2.05 bits per heavy atom. The fraction of sp³-hybridized carbons (Fsp3) is 0.467. The van der Waals surface area contributed by atoms with E-state index < -0.39 is 11.9 Å². The highest BCUT2D eigenvalue weighted by Gasteiger charge is 2.33. The van der Waals surface area contributed by atoms with Gasteiger partial charge in [-0.3, -0.25) is 9.59 Å². The van der Waals surface area contributed by atoms with E-state index in [1.165, 1.54) is 0 Å². The third-order valence-corrected chi connectivity index (χ3v) is 4.16. The van der Waals surface area contributed by atoms with Gasteiger partial charge in [-0.25, -0.2) is 0 Å². The lowest BCUT2D eigenvalue weighted by molar-refractivity contribution is -0.143. The maximum atomic E-state index is 12.6. The summed E-state index contributed by atoms with van der Waals surface area (Å²) in [4.78, 5) is 25.4. The van der Waals surface area contributed by atoms with Gasteiger partial charge in [0.2, 0.25) is 0 Å². The van der Waals surface area contributed by atoms with Crippen LogP contribution in [0.3, 0.4) is 0 Å². The fourth-order valence-electron chi connectivity index (χ4n) is 2.57. The van der Waals surface area contributed by atoms with E-state index in [1.807, 2.05) is 13.8 Å². The zero-order chi connectivity index (χ0) is 14.9. The molecule has 2 unspecified atom stereocenters. The zero-order valence-corrected chi connectivity index (χ0v) is 12.4. The molecule has 2 atom stereocenters. The fourth-order valence-corrected chi connectivity index (χ4v) is 2.74. The molecule has 1 saturated heterocycles. The molecule has 108 valence electrons. The number of carboxylic acid groups (broad SMARTS) is 1. The first-order valence-electron chi connectivity index (χ1n) is 6.70. The summed E-state index contributed by atoms with van der Waals surface area (Å²) < 4.78 is 0. The molecule has 0 spiro atoms. The number of benzene rings is 1. The Balaban J connectivity index is 2.26. The highest BCUT2D eigenvalue weighted by molar-refractivity contribution is 6.31. The van der Waals surface area contributed by atoms with Crippen LogP contribution < -0.4 is 0 Å². The Morgan fingerprint density at radius 1 is 1.35 bits per heavy atom. The molecule has 4 nitrogen and oxygen atoms in total. The average Bonchev–Trinajstić information content (AvgIpc) is 2.41. The molecule has 1 aliphatic heterocycles. The van der Waals surface area contributed by atoms with E-state index >= 15 is 0 Å². The van der Waals surface area contributed by atoms with Gasteiger partial charge in [0.15, 0.2) is 0 Å². The summed E-state index contributed by atoms with van der Waals surface area (Å²) in [6.45, 7) is 4.07. The van der Waals surface area contributed by atoms with Crippen LogP contribution in [0, 0.1) is 12.8 Å². The summed E-state index contributed by atoms with van der Waals surface area (Å²) in [5.41, 5.74) is 1.40. The van der Waals surface area contributed by atoms with Crippen molar-refractivity contribution >= 4 is 23.5 Å². The highest BCUT2D eigenvalue weighted by Crippen LogP contribution is 2.25. The molecule has 1 aromatic rings. The molecule has 0 aliphatic carbocycles. The van der Waals surface area contributed by atoms with E-state index in [0.29, 0.717) is 23.4 Å². The second-order valence-corrected chi connectivity index (χ2v) is 5.81. The molecule has 0 aromatic heterocycles. The number of carbonyl (C=O) groups excluding carboxylic acids is 1. The SMILES string of the molecule is Cc1ccc(Cl)cc1C(=O)N1CC(C(=O)O)CCC1C. The van der Waals surface area contributed by atoms with Gasteiger partial charge >= 0.3 is 5.97 Å². The van der Waals surface area contributed by atoms with Gasteiger partial charge in [0.25, 0.3) is 5.91 Å². The molecule has 0 radical (unpaired) electrons. The quantitative estimate of drug-likeness (QED) is 0.912. The number of carboxylic acids is 1. The minimum Gasteiger partial charge on any atom is -0.481 e. The lowest BCUT2D eigenvalue weighted by Gasteiger charge is -2.36. The van der Waals surface area contributed by atoms with Crippen LogP contribution in [-0.2, 0) is 4.79 Å². The summed E-state index contributed by atoms with van der Waals surface area (Å²) in [5.74, 6) is -1.45. The maximum Gasteiger partial charge on any atom is 0.308 e. The van der Waals surface area contributed by atoms with Crippen molar-refractivity contribution in [3.05, 3.63) is 34.3 Å². The largest absolute Gasteiger partial charge is 0.481 e. The number of amides is 1.